The number of alkyl halides is 3. The zero-order chi connectivity index (χ0) is 37.3. The molecule has 1 aromatic heterocycles. The highest BCUT2D eigenvalue weighted by Gasteiger charge is 2.31. The number of benzene rings is 3. The van der Waals surface area contributed by atoms with Gasteiger partial charge in [-0.2, -0.15) is 18.3 Å². The molecular weight excluding hydrogens is 688 g/mol. The van der Waals surface area contributed by atoms with E-state index in [1.54, 1.807) is 12.3 Å². The number of ether oxygens (including phenoxy) is 1. The fourth-order valence-electron chi connectivity index (χ4n) is 6.40. The third kappa shape index (κ3) is 12.3. The van der Waals surface area contributed by atoms with Crippen LogP contribution in [0.2, 0.25) is 0 Å². The van der Waals surface area contributed by atoms with Gasteiger partial charge in [-0.25, -0.2) is 4.09 Å². The molecule has 3 aromatic carbocycles. The highest BCUT2D eigenvalue weighted by atomic mass is 32.1. The lowest BCUT2D eigenvalue weighted by atomic mass is 9.97. The maximum atomic E-state index is 13.2. The van der Waals surface area contributed by atoms with Gasteiger partial charge in [-0.15, -0.1) is 0 Å². The zero-order valence-electron chi connectivity index (χ0n) is 29.9. The third-order valence-electron chi connectivity index (χ3n) is 9.24. The van der Waals surface area contributed by atoms with E-state index in [9.17, 15) is 23.1 Å². The van der Waals surface area contributed by atoms with Crippen molar-refractivity contribution in [2.45, 2.75) is 89.4 Å². The summed E-state index contributed by atoms with van der Waals surface area (Å²) in [7, 11) is 0. The van der Waals surface area contributed by atoms with Crippen molar-refractivity contribution in [3.8, 4) is 17.0 Å². The van der Waals surface area contributed by atoms with E-state index >= 15 is 0 Å². The maximum absolute atomic E-state index is 13.2. The van der Waals surface area contributed by atoms with E-state index in [-0.39, 0.29) is 0 Å². The van der Waals surface area contributed by atoms with Crippen LogP contribution in [-0.4, -0.2) is 57.4 Å². The van der Waals surface area contributed by atoms with Crippen LogP contribution < -0.4 is 15.8 Å². The van der Waals surface area contributed by atoms with Gasteiger partial charge in [-0.05, 0) is 92.7 Å². The van der Waals surface area contributed by atoms with Crippen molar-refractivity contribution < 1.29 is 27.8 Å². The number of unbranched alkanes of at least 4 members (excludes halogenated alkanes) is 7. The molecule has 12 heteroatoms. The molecule has 282 valence electrons. The predicted molar refractivity (Wildman–Crippen MR) is 205 cm³/mol. The Kier molecular flexibility index (Phi) is 16.4. The van der Waals surface area contributed by atoms with Gasteiger partial charge in [-0.1, -0.05) is 94.3 Å². The number of anilines is 1. The van der Waals surface area contributed by atoms with Gasteiger partial charge in [-0.3, -0.25) is 9.69 Å². The first-order valence-electron chi connectivity index (χ1n) is 18.3. The van der Waals surface area contributed by atoms with Gasteiger partial charge in [0.15, 0.2) is 0 Å². The minimum atomic E-state index is -4.42. The van der Waals surface area contributed by atoms with Crippen LogP contribution in [0, 0.1) is 0 Å². The lowest BCUT2D eigenvalue weighted by molar-refractivity contribution is -0.142. The fourth-order valence-corrected chi connectivity index (χ4v) is 6.63. The number of aliphatic carboxylic acids is 1. The van der Waals surface area contributed by atoms with Crippen LogP contribution in [0.5, 0.6) is 5.75 Å². The van der Waals surface area contributed by atoms with Gasteiger partial charge >= 0.3 is 12.1 Å². The Labute approximate surface area is 311 Å². The van der Waals surface area contributed by atoms with E-state index in [4.69, 9.17) is 10.5 Å². The Hall–Kier alpha value is -4.00. The Balaban J connectivity index is 0.000000477. The van der Waals surface area contributed by atoms with E-state index in [0.29, 0.717) is 54.4 Å². The van der Waals surface area contributed by atoms with E-state index in [0.717, 1.165) is 30.7 Å². The molecule has 4 aromatic rings. The van der Waals surface area contributed by atoms with Gasteiger partial charge in [0, 0.05) is 17.8 Å². The maximum Gasteiger partial charge on any atom is 0.416 e. The molecule has 52 heavy (non-hydrogen) atoms. The number of nitrogens with one attached hydrogen (secondary N) is 1. The van der Waals surface area contributed by atoms with Gasteiger partial charge in [0.1, 0.15) is 18.4 Å². The number of hydrogen-bond donors (Lipinski definition) is 4. The molecule has 2 atom stereocenters. The monoisotopic (exact) mass is 739 g/mol. The number of hydrogen-bond acceptors (Lipinski definition) is 7. The number of aromatic nitrogens is 2. The molecule has 1 fully saturated rings. The minimum Gasteiger partial charge on any atom is -0.492 e. The lowest BCUT2D eigenvalue weighted by Crippen LogP contribution is -2.38. The molecule has 0 spiro atoms. The van der Waals surface area contributed by atoms with E-state index in [1.165, 1.54) is 67.6 Å². The molecular formula is C40H52F3N5O3S. The van der Waals surface area contributed by atoms with Gasteiger partial charge in [0.2, 0.25) is 0 Å². The van der Waals surface area contributed by atoms with Crippen LogP contribution in [-0.2, 0) is 11.0 Å². The van der Waals surface area contributed by atoms with Crippen molar-refractivity contribution in [1.82, 2.24) is 14.1 Å². The highest BCUT2D eigenvalue weighted by Crippen LogP contribution is 2.36. The summed E-state index contributed by atoms with van der Waals surface area (Å²) in [5.41, 5.74) is 8.34. The molecule has 1 unspecified atom stereocenters. The largest absolute Gasteiger partial charge is 0.492 e. The van der Waals surface area contributed by atoms with Crippen LogP contribution in [0.1, 0.15) is 93.9 Å². The summed E-state index contributed by atoms with van der Waals surface area (Å²) >= 11 is 4.42. The zero-order valence-corrected chi connectivity index (χ0v) is 30.8. The van der Waals surface area contributed by atoms with Crippen molar-refractivity contribution in [1.29, 1.82) is 0 Å². The van der Waals surface area contributed by atoms with Gasteiger partial charge < -0.3 is 20.9 Å². The van der Waals surface area contributed by atoms with Crippen molar-refractivity contribution in [2.24, 2.45) is 5.73 Å². The Morgan fingerprint density at radius 2 is 1.65 bits per heavy atom. The van der Waals surface area contributed by atoms with Crippen LogP contribution in [0.25, 0.3) is 11.3 Å². The normalized spacial score (nSPS) is 15.2. The molecule has 0 amide bonds. The predicted octanol–water partition coefficient (Wildman–Crippen LogP) is 9.48. The lowest BCUT2D eigenvalue weighted by Gasteiger charge is -2.23. The summed E-state index contributed by atoms with van der Waals surface area (Å²) in [5, 5.41) is 17.1. The molecule has 1 aliphatic rings. The quantitative estimate of drug-likeness (QED) is 0.0595. The van der Waals surface area contributed by atoms with E-state index in [2.05, 4.69) is 30.2 Å². The van der Waals surface area contributed by atoms with Crippen LogP contribution in [0.3, 0.4) is 0 Å². The summed E-state index contributed by atoms with van der Waals surface area (Å²) in [6, 6.07) is 21.0. The molecule has 1 aliphatic heterocycles. The summed E-state index contributed by atoms with van der Waals surface area (Å²) in [4.78, 5) is 13.4. The third-order valence-corrected chi connectivity index (χ3v) is 9.56. The van der Waals surface area contributed by atoms with Crippen LogP contribution in [0.4, 0.5) is 18.9 Å². The Morgan fingerprint density at radius 3 is 2.27 bits per heavy atom. The summed E-state index contributed by atoms with van der Waals surface area (Å²) < 4.78 is 47.2. The standard InChI is InChI=1S/C30H29F3N4O3S.C10H23N/c31-30(32,33)22-10-8-21(9-11-22)28(20-5-2-1-3-6-20)35-23-12-13-27(24(19-23)25-14-15-34-37(25)41)40-18-17-36-16-4-7-26(36)29(38)39;1-2-3-4-5-6-7-8-9-10-11/h1-3,5-6,8-15,19,26,28,35,41H,4,7,16-18H2,(H,38,39);2-11H2,1H3/t26-,28?;/m0./s1. The van der Waals surface area contributed by atoms with Crippen molar-refractivity contribution in [3.05, 3.63) is 102 Å². The molecule has 2 heterocycles. The molecule has 0 radical (unpaired) electrons. The number of rotatable bonds is 18. The molecule has 1 saturated heterocycles. The second kappa shape index (κ2) is 20.9. The first-order valence-corrected chi connectivity index (χ1v) is 18.7. The van der Waals surface area contributed by atoms with Crippen molar-refractivity contribution in [2.75, 3.05) is 31.6 Å². The number of carboxylic acid groups (broad SMARTS) is 1. The number of carbonyl (C=O) groups is 1. The number of nitrogens with two attached hydrogens (primary N) is 1. The molecule has 0 saturated carbocycles. The number of nitrogens with zero attached hydrogens (tertiary/aromatic N) is 3. The van der Waals surface area contributed by atoms with Gasteiger partial charge in [0.25, 0.3) is 0 Å². The first kappa shape index (κ1) is 40.8. The van der Waals surface area contributed by atoms with Crippen LogP contribution >= 0.6 is 12.8 Å². The average molecular weight is 740 g/mol. The first-order chi connectivity index (χ1) is 25.1. The molecule has 8 nitrogen and oxygen atoms in total. The Bertz CT molecular complexity index is 1630. The number of thiol groups is 1. The average Bonchev–Trinajstić information content (AvgIpc) is 3.80. The van der Waals surface area contributed by atoms with E-state index in [1.807, 2.05) is 53.4 Å². The molecule has 0 bridgehead atoms. The second-order valence-electron chi connectivity index (χ2n) is 13.1. The molecule has 5 rings (SSSR count). The number of carboxylic acids is 1. The minimum absolute atomic E-state index is 0.294. The van der Waals surface area contributed by atoms with Crippen molar-refractivity contribution in [3.63, 3.8) is 0 Å². The topological polar surface area (TPSA) is 106 Å². The fraction of sp³-hybridized carbons (Fsp3) is 0.450. The summed E-state index contributed by atoms with van der Waals surface area (Å²) in [5.74, 6) is -0.248. The SMILES string of the molecule is CCCCCCCCCCN.O=C(O)[C@@H]1CCCN1CCOc1ccc(NC(c2ccccc2)c2ccc(C(F)(F)F)cc2)cc1-c1ccnn1S. The molecule has 4 N–H and O–H groups in total. The van der Waals surface area contributed by atoms with Crippen LogP contribution in [0.15, 0.2) is 85.1 Å². The molecule has 0 aliphatic carbocycles. The Morgan fingerprint density at radius 1 is 0.981 bits per heavy atom. The van der Waals surface area contributed by atoms with Crippen molar-refractivity contribution >= 4 is 24.5 Å². The number of halogens is 3. The second-order valence-corrected chi connectivity index (χ2v) is 13.4. The van der Waals surface area contributed by atoms with Gasteiger partial charge in [0.05, 0.1) is 23.5 Å². The number of likely N-dealkylation sites (tertiary alicyclic amines) is 1. The summed E-state index contributed by atoms with van der Waals surface area (Å²) in [6.07, 6.45) is 9.64. The van der Waals surface area contributed by atoms with E-state index < -0.39 is 29.8 Å². The summed E-state index contributed by atoms with van der Waals surface area (Å²) in [6.45, 7) is 4.61. The highest BCUT2D eigenvalue weighted by molar-refractivity contribution is 7.78. The smallest absolute Gasteiger partial charge is 0.416 e.